The average Bonchev–Trinajstić information content (AvgIpc) is 2.51. The van der Waals surface area contributed by atoms with Crippen LogP contribution in [-0.2, 0) is 11.4 Å². The summed E-state index contributed by atoms with van der Waals surface area (Å²) in [5.41, 5.74) is 1.07. The van der Waals surface area contributed by atoms with E-state index in [1.165, 1.54) is 13.0 Å². The highest BCUT2D eigenvalue weighted by Gasteiger charge is 1.97. The van der Waals surface area contributed by atoms with Crippen LogP contribution in [0.2, 0.25) is 0 Å². The van der Waals surface area contributed by atoms with Crippen LogP contribution in [0.1, 0.15) is 12.5 Å². The number of hydrogen-bond acceptors (Lipinski definition) is 3. The summed E-state index contributed by atoms with van der Waals surface area (Å²) in [7, 11) is 0. The number of benzene rings is 2. The molecule has 0 aromatic heterocycles. The third kappa shape index (κ3) is 5.53. The quantitative estimate of drug-likeness (QED) is 0.725. The third-order valence-electron chi connectivity index (χ3n) is 2.77. The number of allylic oxidation sites excluding steroid dienone is 1. The molecule has 21 heavy (non-hydrogen) atoms. The van der Waals surface area contributed by atoms with Gasteiger partial charge in [0.15, 0.2) is 5.78 Å². The van der Waals surface area contributed by atoms with Gasteiger partial charge < -0.3 is 9.47 Å². The number of hydrogen-bond donors (Lipinski definition) is 0. The van der Waals surface area contributed by atoms with Crippen LogP contribution >= 0.6 is 0 Å². The van der Waals surface area contributed by atoms with Crippen molar-refractivity contribution in [2.45, 2.75) is 13.5 Å². The minimum Gasteiger partial charge on any atom is -0.490 e. The molecule has 0 aliphatic carbocycles. The SMILES string of the molecule is CC(=O)/C=C/COc1ccc(COc2ccccc2)cc1. The van der Waals surface area contributed by atoms with Gasteiger partial charge in [-0.05, 0) is 48.9 Å². The van der Waals surface area contributed by atoms with Crippen molar-refractivity contribution in [3.05, 3.63) is 72.3 Å². The molecule has 2 rings (SSSR count). The van der Waals surface area contributed by atoms with Gasteiger partial charge in [-0.2, -0.15) is 0 Å². The van der Waals surface area contributed by atoms with Gasteiger partial charge in [-0.15, -0.1) is 0 Å². The summed E-state index contributed by atoms with van der Waals surface area (Å²) in [5.74, 6) is 1.64. The molecule has 3 heteroatoms. The maximum absolute atomic E-state index is 10.7. The van der Waals surface area contributed by atoms with Crippen LogP contribution in [0.3, 0.4) is 0 Å². The lowest BCUT2D eigenvalue weighted by Gasteiger charge is -2.07. The van der Waals surface area contributed by atoms with Crippen LogP contribution in [0.5, 0.6) is 11.5 Å². The molecule has 0 saturated carbocycles. The molecule has 0 N–H and O–H groups in total. The predicted molar refractivity (Wildman–Crippen MR) is 82.5 cm³/mol. The van der Waals surface area contributed by atoms with E-state index in [1.807, 2.05) is 54.6 Å². The highest BCUT2D eigenvalue weighted by atomic mass is 16.5. The third-order valence-corrected chi connectivity index (χ3v) is 2.77. The largest absolute Gasteiger partial charge is 0.490 e. The normalized spacial score (nSPS) is 10.5. The van der Waals surface area contributed by atoms with E-state index in [1.54, 1.807) is 6.08 Å². The Bertz CT molecular complexity index is 586. The van der Waals surface area contributed by atoms with Gasteiger partial charge in [-0.3, -0.25) is 4.79 Å². The highest BCUT2D eigenvalue weighted by Crippen LogP contribution is 2.15. The second kappa shape index (κ2) is 7.90. The smallest absolute Gasteiger partial charge is 0.152 e. The minimum absolute atomic E-state index is 0.0204. The van der Waals surface area contributed by atoms with Gasteiger partial charge in [0.1, 0.15) is 24.7 Å². The van der Waals surface area contributed by atoms with E-state index < -0.39 is 0 Å². The molecule has 0 saturated heterocycles. The summed E-state index contributed by atoms with van der Waals surface area (Å²) in [4.78, 5) is 10.7. The molecule has 0 atom stereocenters. The second-order valence-corrected chi connectivity index (χ2v) is 4.57. The van der Waals surface area contributed by atoms with Gasteiger partial charge in [-0.1, -0.05) is 30.3 Å². The Hall–Kier alpha value is -2.55. The monoisotopic (exact) mass is 282 g/mol. The summed E-state index contributed by atoms with van der Waals surface area (Å²) < 4.78 is 11.2. The molecular weight excluding hydrogens is 264 g/mol. The summed E-state index contributed by atoms with van der Waals surface area (Å²) >= 11 is 0. The lowest BCUT2D eigenvalue weighted by molar-refractivity contribution is -0.112. The first kappa shape index (κ1) is 14.9. The highest BCUT2D eigenvalue weighted by molar-refractivity contribution is 5.87. The van der Waals surface area contributed by atoms with Crippen molar-refractivity contribution in [3.8, 4) is 11.5 Å². The average molecular weight is 282 g/mol. The van der Waals surface area contributed by atoms with E-state index in [-0.39, 0.29) is 5.78 Å². The lowest BCUT2D eigenvalue weighted by Crippen LogP contribution is -1.97. The fourth-order valence-corrected chi connectivity index (χ4v) is 1.72. The molecule has 0 heterocycles. The number of carbonyl (C=O) groups is 1. The summed E-state index contributed by atoms with van der Waals surface area (Å²) in [6, 6.07) is 17.4. The van der Waals surface area contributed by atoms with Crippen molar-refractivity contribution >= 4 is 5.78 Å². The van der Waals surface area contributed by atoms with Gasteiger partial charge >= 0.3 is 0 Å². The molecule has 2 aromatic carbocycles. The molecule has 108 valence electrons. The zero-order valence-corrected chi connectivity index (χ0v) is 12.0. The molecule has 0 amide bonds. The van der Waals surface area contributed by atoms with Crippen LogP contribution in [-0.4, -0.2) is 12.4 Å². The van der Waals surface area contributed by atoms with Gasteiger partial charge in [0.2, 0.25) is 0 Å². The number of para-hydroxylation sites is 1. The molecule has 2 aromatic rings. The van der Waals surface area contributed by atoms with E-state index in [2.05, 4.69) is 0 Å². The van der Waals surface area contributed by atoms with Crippen molar-refractivity contribution in [1.29, 1.82) is 0 Å². The van der Waals surface area contributed by atoms with Crippen molar-refractivity contribution in [2.75, 3.05) is 6.61 Å². The lowest BCUT2D eigenvalue weighted by atomic mass is 10.2. The van der Waals surface area contributed by atoms with Gasteiger partial charge in [0.05, 0.1) is 0 Å². The van der Waals surface area contributed by atoms with Gasteiger partial charge in [0.25, 0.3) is 0 Å². The molecule has 0 spiro atoms. The van der Waals surface area contributed by atoms with Crippen LogP contribution < -0.4 is 9.47 Å². The standard InChI is InChI=1S/C18H18O3/c1-15(19)6-5-13-20-18-11-9-16(10-12-18)14-21-17-7-3-2-4-8-17/h2-12H,13-14H2,1H3/b6-5+. The predicted octanol–water partition coefficient (Wildman–Crippen LogP) is 3.79. The van der Waals surface area contributed by atoms with Crippen molar-refractivity contribution in [1.82, 2.24) is 0 Å². The number of ether oxygens (including phenoxy) is 2. The first-order valence-electron chi connectivity index (χ1n) is 6.81. The maximum atomic E-state index is 10.7. The second-order valence-electron chi connectivity index (χ2n) is 4.57. The Balaban J connectivity index is 1.80. The van der Waals surface area contributed by atoms with Crippen molar-refractivity contribution in [3.63, 3.8) is 0 Å². The van der Waals surface area contributed by atoms with E-state index in [9.17, 15) is 4.79 Å². The Kier molecular flexibility index (Phi) is 5.59. The zero-order chi connectivity index (χ0) is 14.9. The van der Waals surface area contributed by atoms with E-state index in [0.29, 0.717) is 13.2 Å². The van der Waals surface area contributed by atoms with Crippen LogP contribution in [0, 0.1) is 0 Å². The van der Waals surface area contributed by atoms with Crippen LogP contribution in [0.25, 0.3) is 0 Å². The molecule has 0 bridgehead atoms. The molecule has 0 aliphatic rings. The molecule has 0 fully saturated rings. The summed E-state index contributed by atoms with van der Waals surface area (Å²) in [6.45, 7) is 2.42. The first-order valence-corrected chi connectivity index (χ1v) is 6.81. The molecule has 3 nitrogen and oxygen atoms in total. The summed E-state index contributed by atoms with van der Waals surface area (Å²) in [6.07, 6.45) is 3.21. The zero-order valence-electron chi connectivity index (χ0n) is 12.0. The Morgan fingerprint density at radius 2 is 1.62 bits per heavy atom. The molecule has 0 radical (unpaired) electrons. The molecular formula is C18H18O3. The van der Waals surface area contributed by atoms with Crippen LogP contribution in [0.15, 0.2) is 66.7 Å². The minimum atomic E-state index is 0.0204. The van der Waals surface area contributed by atoms with E-state index in [0.717, 1.165) is 17.1 Å². The van der Waals surface area contributed by atoms with Gasteiger partial charge in [-0.25, -0.2) is 0 Å². The van der Waals surface area contributed by atoms with Crippen LogP contribution in [0.4, 0.5) is 0 Å². The Labute approximate surface area is 124 Å². The van der Waals surface area contributed by atoms with E-state index >= 15 is 0 Å². The molecule has 0 aliphatic heterocycles. The topological polar surface area (TPSA) is 35.5 Å². The van der Waals surface area contributed by atoms with Crippen molar-refractivity contribution < 1.29 is 14.3 Å². The maximum Gasteiger partial charge on any atom is 0.152 e. The van der Waals surface area contributed by atoms with Crippen molar-refractivity contribution in [2.24, 2.45) is 0 Å². The van der Waals surface area contributed by atoms with Gasteiger partial charge in [0, 0.05) is 0 Å². The number of rotatable bonds is 7. The number of ketones is 1. The fraction of sp³-hybridized carbons (Fsp3) is 0.167. The fourth-order valence-electron chi connectivity index (χ4n) is 1.72. The van der Waals surface area contributed by atoms with E-state index in [4.69, 9.17) is 9.47 Å². The Morgan fingerprint density at radius 1 is 0.952 bits per heavy atom. The number of carbonyl (C=O) groups excluding carboxylic acids is 1. The summed E-state index contributed by atoms with van der Waals surface area (Å²) in [5, 5.41) is 0. The Morgan fingerprint density at radius 3 is 2.29 bits per heavy atom. The molecule has 0 unspecified atom stereocenters. The first-order chi connectivity index (χ1) is 10.2.